The molecule has 0 saturated carbocycles. The van der Waals surface area contributed by atoms with Crippen LogP contribution in [0.15, 0.2) is 21.1 Å². The SMILES string of the molecule is CC(C)(C)Nc1nc(-c2ccc(F)c(F)c2Br)no1. The standard InChI is InChI=1S/C12H12BrF2N3O/c1-12(2,3)17-11-16-10(18-19-11)6-4-5-7(14)9(15)8(6)13/h4-5H,1-3H3,(H,16,17,18). The summed E-state index contributed by atoms with van der Waals surface area (Å²) in [7, 11) is 0. The third-order valence-electron chi connectivity index (χ3n) is 2.18. The first-order chi connectivity index (χ1) is 8.78. The molecule has 7 heteroatoms. The fourth-order valence-corrected chi connectivity index (χ4v) is 1.90. The van der Waals surface area contributed by atoms with Crippen LogP contribution in [0, 0.1) is 11.6 Å². The fraction of sp³-hybridized carbons (Fsp3) is 0.333. The highest BCUT2D eigenvalue weighted by molar-refractivity contribution is 9.10. The molecule has 1 aromatic carbocycles. The van der Waals surface area contributed by atoms with E-state index in [1.807, 2.05) is 20.8 Å². The van der Waals surface area contributed by atoms with E-state index < -0.39 is 11.6 Å². The van der Waals surface area contributed by atoms with E-state index in [-0.39, 0.29) is 21.9 Å². The molecule has 0 aliphatic rings. The van der Waals surface area contributed by atoms with Gasteiger partial charge in [0.1, 0.15) is 0 Å². The number of benzene rings is 1. The van der Waals surface area contributed by atoms with Crippen LogP contribution in [0.3, 0.4) is 0 Å². The smallest absolute Gasteiger partial charge is 0.322 e. The Balaban J connectivity index is 2.36. The van der Waals surface area contributed by atoms with Crippen molar-refractivity contribution >= 4 is 21.9 Å². The van der Waals surface area contributed by atoms with Crippen LogP contribution in [0.4, 0.5) is 14.8 Å². The normalized spacial score (nSPS) is 11.7. The second-order valence-corrected chi connectivity index (χ2v) is 5.81. The number of anilines is 1. The van der Waals surface area contributed by atoms with Crippen LogP contribution in [-0.2, 0) is 0 Å². The van der Waals surface area contributed by atoms with Gasteiger partial charge in [-0.25, -0.2) is 8.78 Å². The molecule has 0 saturated heterocycles. The molecular weight excluding hydrogens is 320 g/mol. The van der Waals surface area contributed by atoms with Gasteiger partial charge >= 0.3 is 6.01 Å². The second kappa shape index (κ2) is 4.88. The van der Waals surface area contributed by atoms with E-state index >= 15 is 0 Å². The lowest BCUT2D eigenvalue weighted by molar-refractivity contribution is 0.420. The number of rotatable bonds is 2. The Labute approximate surface area is 117 Å². The molecule has 0 fully saturated rings. The summed E-state index contributed by atoms with van der Waals surface area (Å²) in [5.41, 5.74) is 0.0827. The monoisotopic (exact) mass is 331 g/mol. The van der Waals surface area contributed by atoms with E-state index in [4.69, 9.17) is 4.52 Å². The van der Waals surface area contributed by atoms with Crippen LogP contribution in [0.2, 0.25) is 0 Å². The Hall–Kier alpha value is -1.50. The molecule has 0 atom stereocenters. The van der Waals surface area contributed by atoms with Crippen LogP contribution in [0.25, 0.3) is 11.4 Å². The van der Waals surface area contributed by atoms with Gasteiger partial charge in [0.25, 0.3) is 0 Å². The molecule has 0 amide bonds. The van der Waals surface area contributed by atoms with Gasteiger partial charge < -0.3 is 9.84 Å². The van der Waals surface area contributed by atoms with Crippen LogP contribution in [-0.4, -0.2) is 15.7 Å². The van der Waals surface area contributed by atoms with Crippen molar-refractivity contribution in [3.63, 3.8) is 0 Å². The van der Waals surface area contributed by atoms with Gasteiger partial charge in [0.2, 0.25) is 5.82 Å². The molecule has 102 valence electrons. The van der Waals surface area contributed by atoms with Gasteiger partial charge in [-0.2, -0.15) is 4.98 Å². The molecule has 19 heavy (non-hydrogen) atoms. The molecule has 0 spiro atoms. The third-order valence-corrected chi connectivity index (χ3v) is 2.96. The minimum atomic E-state index is -0.979. The number of aromatic nitrogens is 2. The number of hydrogen-bond acceptors (Lipinski definition) is 4. The Morgan fingerprint density at radius 2 is 1.95 bits per heavy atom. The maximum absolute atomic E-state index is 13.4. The predicted molar refractivity (Wildman–Crippen MR) is 70.7 cm³/mol. The van der Waals surface area contributed by atoms with Crippen molar-refractivity contribution in [2.45, 2.75) is 26.3 Å². The predicted octanol–water partition coefficient (Wildman–Crippen LogP) is 3.99. The number of halogens is 3. The molecule has 0 radical (unpaired) electrons. The van der Waals surface area contributed by atoms with Crippen molar-refractivity contribution < 1.29 is 13.3 Å². The van der Waals surface area contributed by atoms with Gasteiger partial charge in [-0.15, -0.1) is 0 Å². The molecule has 2 rings (SSSR count). The van der Waals surface area contributed by atoms with Crippen LogP contribution in [0.5, 0.6) is 0 Å². The van der Waals surface area contributed by atoms with Crippen molar-refractivity contribution in [2.24, 2.45) is 0 Å². The lowest BCUT2D eigenvalue weighted by Gasteiger charge is -2.17. The van der Waals surface area contributed by atoms with Crippen molar-refractivity contribution in [1.29, 1.82) is 0 Å². The summed E-state index contributed by atoms with van der Waals surface area (Å²) < 4.78 is 31.4. The van der Waals surface area contributed by atoms with Crippen molar-refractivity contribution in [2.75, 3.05) is 5.32 Å². The third kappa shape index (κ3) is 3.09. The van der Waals surface area contributed by atoms with E-state index in [0.29, 0.717) is 5.56 Å². The first-order valence-electron chi connectivity index (χ1n) is 5.54. The van der Waals surface area contributed by atoms with Crippen LogP contribution < -0.4 is 5.32 Å². The molecule has 4 nitrogen and oxygen atoms in total. The summed E-state index contributed by atoms with van der Waals surface area (Å²) in [6.07, 6.45) is 0. The zero-order valence-electron chi connectivity index (χ0n) is 10.6. The molecule has 2 aromatic rings. The number of nitrogens with one attached hydrogen (secondary N) is 1. The minimum absolute atomic E-state index is 0.0318. The van der Waals surface area contributed by atoms with Crippen molar-refractivity contribution in [3.8, 4) is 11.4 Å². The largest absolute Gasteiger partial charge is 0.333 e. The Kier molecular flexibility index (Phi) is 3.58. The summed E-state index contributed by atoms with van der Waals surface area (Å²) >= 11 is 2.98. The minimum Gasteiger partial charge on any atom is -0.333 e. The van der Waals surface area contributed by atoms with E-state index in [2.05, 4.69) is 31.4 Å². The lowest BCUT2D eigenvalue weighted by atomic mass is 10.1. The maximum atomic E-state index is 13.4. The van der Waals surface area contributed by atoms with Crippen LogP contribution >= 0.6 is 15.9 Å². The molecule has 1 N–H and O–H groups in total. The van der Waals surface area contributed by atoms with E-state index in [1.54, 1.807) is 0 Å². The highest BCUT2D eigenvalue weighted by Gasteiger charge is 2.19. The first-order valence-corrected chi connectivity index (χ1v) is 6.33. The van der Waals surface area contributed by atoms with E-state index in [1.165, 1.54) is 6.07 Å². The molecular formula is C12H12BrF2N3O. The van der Waals surface area contributed by atoms with Crippen molar-refractivity contribution in [1.82, 2.24) is 10.1 Å². The average Bonchev–Trinajstić information content (AvgIpc) is 2.72. The van der Waals surface area contributed by atoms with Gasteiger partial charge in [0, 0.05) is 11.1 Å². The van der Waals surface area contributed by atoms with Crippen molar-refractivity contribution in [3.05, 3.63) is 28.2 Å². The molecule has 0 aliphatic carbocycles. The lowest BCUT2D eigenvalue weighted by Crippen LogP contribution is -2.26. The van der Waals surface area contributed by atoms with Gasteiger partial charge in [-0.05, 0) is 48.8 Å². The van der Waals surface area contributed by atoms with E-state index in [0.717, 1.165) is 6.07 Å². The molecule has 0 unspecified atom stereocenters. The molecule has 0 aliphatic heterocycles. The zero-order chi connectivity index (χ0) is 14.2. The Morgan fingerprint density at radius 3 is 2.58 bits per heavy atom. The second-order valence-electron chi connectivity index (χ2n) is 5.02. The quantitative estimate of drug-likeness (QED) is 0.845. The zero-order valence-corrected chi connectivity index (χ0v) is 12.2. The van der Waals surface area contributed by atoms with Gasteiger partial charge in [-0.3, -0.25) is 0 Å². The number of hydrogen-bond donors (Lipinski definition) is 1. The summed E-state index contributed by atoms with van der Waals surface area (Å²) in [5, 5.41) is 6.73. The average molecular weight is 332 g/mol. The number of nitrogens with zero attached hydrogens (tertiary/aromatic N) is 2. The summed E-state index contributed by atoms with van der Waals surface area (Å²) in [4.78, 5) is 4.09. The molecule has 1 aromatic heterocycles. The topological polar surface area (TPSA) is 51.0 Å². The van der Waals surface area contributed by atoms with Gasteiger partial charge in [0.15, 0.2) is 11.6 Å². The van der Waals surface area contributed by atoms with Crippen LogP contribution in [0.1, 0.15) is 20.8 Å². The van der Waals surface area contributed by atoms with Gasteiger partial charge in [0.05, 0.1) is 4.47 Å². The highest BCUT2D eigenvalue weighted by atomic mass is 79.9. The fourth-order valence-electron chi connectivity index (χ4n) is 1.40. The van der Waals surface area contributed by atoms with Gasteiger partial charge in [-0.1, -0.05) is 5.16 Å². The summed E-state index contributed by atoms with van der Waals surface area (Å²) in [5.74, 6) is -1.74. The first kappa shape index (κ1) is 13.9. The molecule has 0 bridgehead atoms. The highest BCUT2D eigenvalue weighted by Crippen LogP contribution is 2.30. The Morgan fingerprint density at radius 1 is 1.26 bits per heavy atom. The Bertz CT molecular complexity index is 608. The maximum Gasteiger partial charge on any atom is 0.322 e. The summed E-state index contributed by atoms with van der Waals surface area (Å²) in [6, 6.07) is 2.62. The summed E-state index contributed by atoms with van der Waals surface area (Å²) in [6.45, 7) is 5.80. The van der Waals surface area contributed by atoms with E-state index in [9.17, 15) is 8.78 Å². The molecule has 1 heterocycles.